The van der Waals surface area contributed by atoms with Gasteiger partial charge < -0.3 is 15.4 Å². The van der Waals surface area contributed by atoms with Crippen LogP contribution in [0.2, 0.25) is 0 Å². The zero-order valence-electron chi connectivity index (χ0n) is 16.0. The highest BCUT2D eigenvalue weighted by atomic mass is 32.2. The van der Waals surface area contributed by atoms with Crippen molar-refractivity contribution in [2.24, 2.45) is 5.73 Å². The molecule has 27 heavy (non-hydrogen) atoms. The fourth-order valence-electron chi connectivity index (χ4n) is 3.92. The first-order valence-corrected chi connectivity index (χ1v) is 11.0. The van der Waals surface area contributed by atoms with Crippen LogP contribution >= 0.6 is 0 Å². The van der Waals surface area contributed by atoms with E-state index < -0.39 is 10.0 Å². The van der Waals surface area contributed by atoms with E-state index in [1.165, 1.54) is 16.4 Å². The van der Waals surface area contributed by atoms with Crippen molar-refractivity contribution in [1.29, 1.82) is 0 Å². The summed E-state index contributed by atoms with van der Waals surface area (Å²) in [6.07, 6.45) is 2.69. The molecule has 8 heteroatoms. The molecule has 1 aromatic carbocycles. The maximum atomic E-state index is 12.9. The molecule has 2 saturated heterocycles. The summed E-state index contributed by atoms with van der Waals surface area (Å²) in [4.78, 5) is 14.8. The van der Waals surface area contributed by atoms with Crippen molar-refractivity contribution in [1.82, 2.24) is 9.21 Å². The number of benzene rings is 1. The molecule has 3 rings (SSSR count). The Morgan fingerprint density at radius 2 is 1.78 bits per heavy atom. The smallest absolute Gasteiger partial charge is 0.254 e. The molecule has 3 atom stereocenters. The number of morpholine rings is 1. The Hall–Kier alpha value is -1.48. The number of hydrogen-bond donors (Lipinski definition) is 1. The number of hydrogen-bond acceptors (Lipinski definition) is 5. The van der Waals surface area contributed by atoms with Crippen LogP contribution in [0.25, 0.3) is 0 Å². The van der Waals surface area contributed by atoms with Crippen LogP contribution < -0.4 is 5.73 Å². The summed E-state index contributed by atoms with van der Waals surface area (Å²) in [7, 11) is -3.60. The fourth-order valence-corrected chi connectivity index (χ4v) is 5.51. The highest BCUT2D eigenvalue weighted by molar-refractivity contribution is 7.89. The van der Waals surface area contributed by atoms with E-state index in [1.807, 2.05) is 18.7 Å². The number of ether oxygens (including phenoxy) is 1. The summed E-state index contributed by atoms with van der Waals surface area (Å²) in [5.74, 6) is -0.0808. The molecular formula is C19H29N3O4S. The Bertz CT molecular complexity index is 756. The van der Waals surface area contributed by atoms with E-state index in [-0.39, 0.29) is 29.1 Å². The summed E-state index contributed by atoms with van der Waals surface area (Å²) in [6, 6.07) is 6.31. The average molecular weight is 396 g/mol. The third-order valence-corrected chi connectivity index (χ3v) is 7.13. The Labute approximate surface area is 161 Å². The van der Waals surface area contributed by atoms with Crippen molar-refractivity contribution in [2.75, 3.05) is 26.2 Å². The lowest BCUT2D eigenvalue weighted by atomic mass is 10.0. The van der Waals surface area contributed by atoms with Crippen molar-refractivity contribution < 1.29 is 17.9 Å². The van der Waals surface area contributed by atoms with Gasteiger partial charge in [0.2, 0.25) is 10.0 Å². The predicted octanol–water partition coefficient (Wildman–Crippen LogP) is 1.44. The summed E-state index contributed by atoms with van der Waals surface area (Å²) in [5, 5.41) is 0. The number of carbonyl (C=O) groups excluding carboxylic acids is 1. The van der Waals surface area contributed by atoms with Crippen LogP contribution in [0.15, 0.2) is 29.2 Å². The van der Waals surface area contributed by atoms with Gasteiger partial charge in [-0.05, 0) is 57.4 Å². The monoisotopic (exact) mass is 395 g/mol. The minimum Gasteiger partial charge on any atom is -0.373 e. The molecule has 7 nitrogen and oxygen atoms in total. The second kappa shape index (κ2) is 8.26. The predicted molar refractivity (Wildman–Crippen MR) is 103 cm³/mol. The maximum absolute atomic E-state index is 12.9. The summed E-state index contributed by atoms with van der Waals surface area (Å²) in [6.45, 7) is 5.55. The first kappa shape index (κ1) is 20.3. The van der Waals surface area contributed by atoms with E-state index in [1.54, 1.807) is 12.1 Å². The van der Waals surface area contributed by atoms with Crippen molar-refractivity contribution >= 4 is 15.9 Å². The molecule has 150 valence electrons. The minimum absolute atomic E-state index is 0.0611. The molecule has 0 saturated carbocycles. The molecule has 2 heterocycles. The van der Waals surface area contributed by atoms with Crippen LogP contribution in [0.5, 0.6) is 0 Å². The molecule has 0 spiro atoms. The van der Waals surface area contributed by atoms with E-state index in [9.17, 15) is 13.2 Å². The van der Waals surface area contributed by atoms with E-state index in [4.69, 9.17) is 10.5 Å². The molecule has 2 N–H and O–H groups in total. The van der Waals surface area contributed by atoms with Crippen molar-refractivity contribution in [2.45, 2.75) is 56.3 Å². The topological polar surface area (TPSA) is 92.9 Å². The number of rotatable bonds is 4. The van der Waals surface area contributed by atoms with Crippen molar-refractivity contribution in [3.63, 3.8) is 0 Å². The second-order valence-corrected chi connectivity index (χ2v) is 9.43. The summed E-state index contributed by atoms with van der Waals surface area (Å²) < 4.78 is 32.9. The van der Waals surface area contributed by atoms with Crippen LogP contribution in [0, 0.1) is 0 Å². The van der Waals surface area contributed by atoms with Crippen LogP contribution in [-0.4, -0.2) is 68.0 Å². The largest absolute Gasteiger partial charge is 0.373 e. The zero-order chi connectivity index (χ0) is 19.6. The minimum atomic E-state index is -3.60. The number of piperidine rings is 1. The molecule has 1 amide bonds. The molecule has 2 aliphatic heterocycles. The van der Waals surface area contributed by atoms with Gasteiger partial charge >= 0.3 is 0 Å². The Kier molecular flexibility index (Phi) is 6.20. The molecule has 0 radical (unpaired) electrons. The lowest BCUT2D eigenvalue weighted by molar-refractivity contribution is -0.0440. The molecule has 2 fully saturated rings. The van der Waals surface area contributed by atoms with Crippen LogP contribution in [-0.2, 0) is 14.8 Å². The molecule has 3 unspecified atom stereocenters. The van der Waals surface area contributed by atoms with Gasteiger partial charge in [-0.2, -0.15) is 4.31 Å². The molecule has 2 aliphatic rings. The highest BCUT2D eigenvalue weighted by Gasteiger charge is 2.32. The molecule has 0 bridgehead atoms. The van der Waals surface area contributed by atoms with E-state index in [2.05, 4.69) is 0 Å². The number of amides is 1. The third-order valence-electron chi connectivity index (χ3n) is 5.29. The molecular weight excluding hydrogens is 366 g/mol. The van der Waals surface area contributed by atoms with Gasteiger partial charge in [0.15, 0.2) is 0 Å². The van der Waals surface area contributed by atoms with Crippen molar-refractivity contribution in [3.8, 4) is 0 Å². The van der Waals surface area contributed by atoms with Crippen molar-refractivity contribution in [3.05, 3.63) is 29.8 Å². The van der Waals surface area contributed by atoms with E-state index >= 15 is 0 Å². The number of nitrogens with two attached hydrogens (primary N) is 1. The SMILES string of the molecule is CC1CN(S(=O)(=O)c2ccc(C(=O)N3CCCCC3CN)cc2)CC(C)O1. The zero-order valence-corrected chi connectivity index (χ0v) is 16.8. The number of carbonyl (C=O) groups is 1. The summed E-state index contributed by atoms with van der Waals surface area (Å²) in [5.41, 5.74) is 6.30. The average Bonchev–Trinajstić information content (AvgIpc) is 2.66. The van der Waals surface area contributed by atoms with E-state index in [0.29, 0.717) is 31.7 Å². The Balaban J connectivity index is 1.77. The number of nitrogens with zero attached hydrogens (tertiary/aromatic N) is 2. The molecule has 0 aliphatic carbocycles. The normalized spacial score (nSPS) is 27.5. The molecule has 0 aromatic heterocycles. The van der Waals surface area contributed by atoms with E-state index in [0.717, 1.165) is 19.3 Å². The highest BCUT2D eigenvalue weighted by Crippen LogP contribution is 2.23. The van der Waals surface area contributed by atoms with Gasteiger partial charge in [-0.3, -0.25) is 4.79 Å². The lowest BCUT2D eigenvalue weighted by Crippen LogP contribution is -2.48. The Morgan fingerprint density at radius 1 is 1.15 bits per heavy atom. The fraction of sp³-hybridized carbons (Fsp3) is 0.632. The van der Waals surface area contributed by atoms with Crippen LogP contribution in [0.3, 0.4) is 0 Å². The molecule has 1 aromatic rings. The number of sulfonamides is 1. The lowest BCUT2D eigenvalue weighted by Gasteiger charge is -2.35. The van der Waals surface area contributed by atoms with Gasteiger partial charge in [0, 0.05) is 37.8 Å². The first-order chi connectivity index (χ1) is 12.8. The maximum Gasteiger partial charge on any atom is 0.254 e. The Morgan fingerprint density at radius 3 is 2.37 bits per heavy atom. The van der Waals surface area contributed by atoms with Gasteiger partial charge in [-0.25, -0.2) is 8.42 Å². The van der Waals surface area contributed by atoms with Gasteiger partial charge in [-0.1, -0.05) is 0 Å². The van der Waals surface area contributed by atoms with Gasteiger partial charge in [0.05, 0.1) is 17.1 Å². The first-order valence-electron chi connectivity index (χ1n) is 9.59. The van der Waals surface area contributed by atoms with Gasteiger partial charge in [0.25, 0.3) is 5.91 Å². The number of likely N-dealkylation sites (tertiary alicyclic amines) is 1. The van der Waals surface area contributed by atoms with Crippen LogP contribution in [0.4, 0.5) is 0 Å². The van der Waals surface area contributed by atoms with Crippen LogP contribution in [0.1, 0.15) is 43.5 Å². The summed E-state index contributed by atoms with van der Waals surface area (Å²) >= 11 is 0. The second-order valence-electron chi connectivity index (χ2n) is 7.49. The standard InChI is InChI=1S/C19H29N3O4S/c1-14-12-21(13-15(2)26-14)27(24,25)18-8-6-16(7-9-18)19(23)22-10-4-3-5-17(22)11-20/h6-9,14-15,17H,3-5,10-13,20H2,1-2H3. The van der Waals surface area contributed by atoms with Gasteiger partial charge in [-0.15, -0.1) is 0 Å². The quantitative estimate of drug-likeness (QED) is 0.833. The van der Waals surface area contributed by atoms with Gasteiger partial charge in [0.1, 0.15) is 0 Å². The third kappa shape index (κ3) is 4.34.